The van der Waals surface area contributed by atoms with E-state index >= 15 is 0 Å². The van der Waals surface area contributed by atoms with Crippen LogP contribution in [0.5, 0.6) is 5.75 Å². The van der Waals surface area contributed by atoms with Crippen molar-refractivity contribution in [3.05, 3.63) is 42.2 Å². The van der Waals surface area contributed by atoms with Gasteiger partial charge in [0.05, 0.1) is 13.5 Å². The fourth-order valence-corrected chi connectivity index (χ4v) is 2.50. The maximum Gasteiger partial charge on any atom is 0.307 e. The van der Waals surface area contributed by atoms with Crippen LogP contribution in [0.25, 0.3) is 11.3 Å². The summed E-state index contributed by atoms with van der Waals surface area (Å²) in [6.45, 7) is 1.59. The number of nitrogens with one attached hydrogen (secondary N) is 1. The first-order valence-electron chi connectivity index (χ1n) is 8.78. The Balaban J connectivity index is 1.47. The van der Waals surface area contributed by atoms with Crippen molar-refractivity contribution < 1.29 is 23.5 Å². The average molecular weight is 357 g/mol. The SMILES string of the molecule is COc1ccc(-c2ccc(CCC(=O)O[C@H](C)C(=O)NC3CC3)o2)cc1. The van der Waals surface area contributed by atoms with Crippen molar-refractivity contribution in [2.45, 2.75) is 44.8 Å². The highest BCUT2D eigenvalue weighted by Gasteiger charge is 2.27. The number of furan rings is 1. The highest BCUT2D eigenvalue weighted by Crippen LogP contribution is 2.25. The van der Waals surface area contributed by atoms with Gasteiger partial charge in [0.2, 0.25) is 0 Å². The van der Waals surface area contributed by atoms with E-state index in [1.54, 1.807) is 14.0 Å². The summed E-state index contributed by atoms with van der Waals surface area (Å²) in [5.74, 6) is 1.56. The molecule has 1 atom stereocenters. The van der Waals surface area contributed by atoms with Crippen LogP contribution in [0.3, 0.4) is 0 Å². The van der Waals surface area contributed by atoms with Gasteiger partial charge in [0.15, 0.2) is 6.10 Å². The smallest absolute Gasteiger partial charge is 0.307 e. The zero-order chi connectivity index (χ0) is 18.5. The standard InChI is InChI=1S/C20H23NO5/c1-13(20(23)21-15-5-6-15)25-19(22)12-10-17-9-11-18(26-17)14-3-7-16(24-2)8-4-14/h3-4,7-9,11,13,15H,5-6,10,12H2,1-2H3,(H,21,23)/t13-/m1/s1. The van der Waals surface area contributed by atoms with Gasteiger partial charge >= 0.3 is 5.97 Å². The molecule has 1 aliphatic rings. The molecule has 1 N–H and O–H groups in total. The Hall–Kier alpha value is -2.76. The normalized spacial score (nSPS) is 14.5. The average Bonchev–Trinajstić information content (AvgIpc) is 3.33. The molecule has 0 spiro atoms. The van der Waals surface area contributed by atoms with E-state index in [0.29, 0.717) is 12.2 Å². The van der Waals surface area contributed by atoms with Crippen LogP contribution in [0.2, 0.25) is 0 Å². The molecule has 1 amide bonds. The van der Waals surface area contributed by atoms with Gasteiger partial charge in [-0.3, -0.25) is 9.59 Å². The summed E-state index contributed by atoms with van der Waals surface area (Å²) in [6.07, 6.45) is 1.82. The molecule has 26 heavy (non-hydrogen) atoms. The molecule has 1 aliphatic carbocycles. The summed E-state index contributed by atoms with van der Waals surface area (Å²) in [4.78, 5) is 23.7. The second-order valence-corrected chi connectivity index (χ2v) is 6.41. The van der Waals surface area contributed by atoms with Gasteiger partial charge in [0.25, 0.3) is 5.91 Å². The Labute approximate surface area is 152 Å². The number of carbonyl (C=O) groups is 2. The molecule has 1 aromatic carbocycles. The maximum absolute atomic E-state index is 11.9. The molecule has 0 bridgehead atoms. The van der Waals surface area contributed by atoms with Gasteiger partial charge in [-0.15, -0.1) is 0 Å². The van der Waals surface area contributed by atoms with Crippen LogP contribution >= 0.6 is 0 Å². The number of carbonyl (C=O) groups excluding carboxylic acids is 2. The lowest BCUT2D eigenvalue weighted by Crippen LogP contribution is -2.37. The lowest BCUT2D eigenvalue weighted by atomic mass is 10.2. The molecule has 0 saturated heterocycles. The number of ether oxygens (including phenoxy) is 2. The van der Waals surface area contributed by atoms with Gasteiger partial charge in [0, 0.05) is 18.0 Å². The van der Waals surface area contributed by atoms with Crippen LogP contribution < -0.4 is 10.1 Å². The van der Waals surface area contributed by atoms with Crippen LogP contribution in [0.15, 0.2) is 40.8 Å². The van der Waals surface area contributed by atoms with Crippen LogP contribution in [0.1, 0.15) is 31.9 Å². The van der Waals surface area contributed by atoms with Gasteiger partial charge < -0.3 is 19.2 Å². The van der Waals surface area contributed by atoms with E-state index in [0.717, 1.165) is 29.9 Å². The fraction of sp³-hybridized carbons (Fsp3) is 0.400. The van der Waals surface area contributed by atoms with E-state index in [2.05, 4.69) is 5.32 Å². The number of esters is 1. The number of aryl methyl sites for hydroxylation is 1. The number of methoxy groups -OCH3 is 1. The molecule has 2 aromatic rings. The number of benzene rings is 1. The van der Waals surface area contributed by atoms with Crippen LogP contribution in [-0.4, -0.2) is 31.1 Å². The predicted molar refractivity (Wildman–Crippen MR) is 95.7 cm³/mol. The molecule has 6 heteroatoms. The number of hydrogen-bond acceptors (Lipinski definition) is 5. The molecule has 1 fully saturated rings. The van der Waals surface area contributed by atoms with Crippen molar-refractivity contribution >= 4 is 11.9 Å². The van der Waals surface area contributed by atoms with Crippen LogP contribution in [0.4, 0.5) is 0 Å². The third-order valence-corrected chi connectivity index (χ3v) is 4.21. The second kappa shape index (κ2) is 8.08. The van der Waals surface area contributed by atoms with E-state index in [4.69, 9.17) is 13.9 Å². The first-order chi connectivity index (χ1) is 12.5. The Morgan fingerprint density at radius 1 is 1.19 bits per heavy atom. The van der Waals surface area contributed by atoms with Gasteiger partial charge in [0.1, 0.15) is 17.3 Å². The van der Waals surface area contributed by atoms with E-state index < -0.39 is 12.1 Å². The van der Waals surface area contributed by atoms with Crippen molar-refractivity contribution in [2.24, 2.45) is 0 Å². The molecule has 6 nitrogen and oxygen atoms in total. The minimum Gasteiger partial charge on any atom is -0.497 e. The van der Waals surface area contributed by atoms with Crippen LogP contribution in [0, 0.1) is 0 Å². The predicted octanol–water partition coefficient (Wildman–Crippen LogP) is 3.10. The minimum atomic E-state index is -0.769. The molecule has 1 aromatic heterocycles. The molecule has 1 saturated carbocycles. The molecule has 0 unspecified atom stereocenters. The second-order valence-electron chi connectivity index (χ2n) is 6.41. The summed E-state index contributed by atoms with van der Waals surface area (Å²) in [5, 5.41) is 2.82. The van der Waals surface area contributed by atoms with Gasteiger partial charge in [-0.25, -0.2) is 0 Å². The number of rotatable bonds is 8. The topological polar surface area (TPSA) is 77.8 Å². The largest absolute Gasteiger partial charge is 0.497 e. The zero-order valence-corrected chi connectivity index (χ0v) is 15.0. The number of amides is 1. The fourth-order valence-electron chi connectivity index (χ4n) is 2.50. The molecule has 3 rings (SSSR count). The van der Waals surface area contributed by atoms with Crippen molar-refractivity contribution in [3.63, 3.8) is 0 Å². The quantitative estimate of drug-likeness (QED) is 0.735. The molecule has 1 heterocycles. The van der Waals surface area contributed by atoms with Crippen molar-refractivity contribution in [2.75, 3.05) is 7.11 Å². The first kappa shape index (κ1) is 18.0. The summed E-state index contributed by atoms with van der Waals surface area (Å²) < 4.78 is 16.1. The van der Waals surface area contributed by atoms with Gasteiger partial charge in [-0.1, -0.05) is 0 Å². The Kier molecular flexibility index (Phi) is 5.61. The summed E-state index contributed by atoms with van der Waals surface area (Å²) >= 11 is 0. The molecular weight excluding hydrogens is 334 g/mol. The minimum absolute atomic E-state index is 0.163. The van der Waals surface area contributed by atoms with E-state index in [9.17, 15) is 9.59 Å². The molecule has 0 radical (unpaired) electrons. The summed E-state index contributed by atoms with van der Waals surface area (Å²) in [7, 11) is 1.62. The van der Waals surface area contributed by atoms with Gasteiger partial charge in [-0.05, 0) is 56.2 Å². The first-order valence-corrected chi connectivity index (χ1v) is 8.78. The lowest BCUT2D eigenvalue weighted by molar-refractivity contribution is -0.154. The summed E-state index contributed by atoms with van der Waals surface area (Å²) in [6, 6.07) is 11.5. The Morgan fingerprint density at radius 2 is 1.92 bits per heavy atom. The van der Waals surface area contributed by atoms with Crippen molar-refractivity contribution in [3.8, 4) is 17.1 Å². The lowest BCUT2D eigenvalue weighted by Gasteiger charge is -2.12. The number of hydrogen-bond donors (Lipinski definition) is 1. The van der Waals surface area contributed by atoms with Crippen LogP contribution in [-0.2, 0) is 20.7 Å². The van der Waals surface area contributed by atoms with E-state index in [1.807, 2.05) is 36.4 Å². The van der Waals surface area contributed by atoms with E-state index in [-0.39, 0.29) is 18.4 Å². The maximum atomic E-state index is 11.9. The third-order valence-electron chi connectivity index (χ3n) is 4.21. The third kappa shape index (κ3) is 4.88. The molecular formula is C20H23NO5. The van der Waals surface area contributed by atoms with Crippen molar-refractivity contribution in [1.82, 2.24) is 5.32 Å². The summed E-state index contributed by atoms with van der Waals surface area (Å²) in [5.41, 5.74) is 0.935. The van der Waals surface area contributed by atoms with E-state index in [1.165, 1.54) is 0 Å². The highest BCUT2D eigenvalue weighted by atomic mass is 16.5. The zero-order valence-electron chi connectivity index (χ0n) is 15.0. The highest BCUT2D eigenvalue weighted by molar-refractivity contribution is 5.83. The van der Waals surface area contributed by atoms with Gasteiger partial charge in [-0.2, -0.15) is 0 Å². The Morgan fingerprint density at radius 3 is 2.58 bits per heavy atom. The molecule has 0 aliphatic heterocycles. The Bertz CT molecular complexity index is 761. The van der Waals surface area contributed by atoms with Crippen molar-refractivity contribution in [1.29, 1.82) is 0 Å². The monoisotopic (exact) mass is 357 g/mol. The molecule has 138 valence electrons.